The van der Waals surface area contributed by atoms with Crippen molar-refractivity contribution in [2.75, 3.05) is 0 Å². The zero-order valence-corrected chi connectivity index (χ0v) is 28.7. The summed E-state index contributed by atoms with van der Waals surface area (Å²) in [7, 11) is 0. The van der Waals surface area contributed by atoms with Gasteiger partial charge in [0.15, 0.2) is 0 Å². The summed E-state index contributed by atoms with van der Waals surface area (Å²) in [6.45, 7) is 24.8. The van der Waals surface area contributed by atoms with Crippen LogP contribution < -0.4 is 0 Å². The van der Waals surface area contributed by atoms with Crippen LogP contribution in [0, 0.1) is 27.7 Å². The van der Waals surface area contributed by atoms with Crippen LogP contribution in [0.15, 0.2) is 60.7 Å². The van der Waals surface area contributed by atoms with E-state index in [9.17, 15) is 20.4 Å². The molecular formula is C40H52O4. The number of aromatic hydroxyl groups is 4. The SMILES string of the molecule is CC(C)c1cc(C(C)(C)c2ccc(O)c(C(C)C)c2)ccc1O.Cc1cc(C(C)(C)c2cc(C)c(O)c(C)c2)cc(C)c1O. The lowest BCUT2D eigenvalue weighted by Gasteiger charge is -2.28. The maximum atomic E-state index is 10.1. The number of benzene rings is 4. The average Bonchev–Trinajstić information content (AvgIpc) is 2.94. The third-order valence-electron chi connectivity index (χ3n) is 9.17. The molecule has 4 nitrogen and oxygen atoms in total. The Morgan fingerprint density at radius 1 is 0.432 bits per heavy atom. The molecule has 0 fully saturated rings. The van der Waals surface area contributed by atoms with E-state index in [1.165, 1.54) is 22.3 Å². The predicted octanol–water partition coefficient (Wildman–Crippen LogP) is 10.3. The molecule has 236 valence electrons. The summed E-state index contributed by atoms with van der Waals surface area (Å²) < 4.78 is 0. The third-order valence-corrected chi connectivity index (χ3v) is 9.17. The molecular weight excluding hydrogens is 544 g/mol. The van der Waals surface area contributed by atoms with Gasteiger partial charge < -0.3 is 20.4 Å². The van der Waals surface area contributed by atoms with Crippen molar-refractivity contribution >= 4 is 0 Å². The maximum absolute atomic E-state index is 10.1. The topological polar surface area (TPSA) is 80.9 Å². The first-order chi connectivity index (χ1) is 20.3. The van der Waals surface area contributed by atoms with E-state index in [-0.39, 0.29) is 22.7 Å². The fourth-order valence-electron chi connectivity index (χ4n) is 5.78. The van der Waals surface area contributed by atoms with Crippen LogP contribution in [-0.2, 0) is 10.8 Å². The minimum Gasteiger partial charge on any atom is -0.508 e. The Balaban J connectivity index is 0.000000241. The van der Waals surface area contributed by atoms with Crippen LogP contribution in [0.1, 0.15) is 123 Å². The van der Waals surface area contributed by atoms with Gasteiger partial charge in [0.2, 0.25) is 0 Å². The smallest absolute Gasteiger partial charge is 0.121 e. The molecule has 0 bridgehead atoms. The summed E-state index contributed by atoms with van der Waals surface area (Å²) in [5, 5.41) is 40.0. The van der Waals surface area contributed by atoms with E-state index in [0.717, 1.165) is 33.4 Å². The highest BCUT2D eigenvalue weighted by atomic mass is 16.3. The molecule has 0 saturated carbocycles. The minimum absolute atomic E-state index is 0.188. The molecule has 4 aromatic rings. The van der Waals surface area contributed by atoms with Gasteiger partial charge in [-0.15, -0.1) is 0 Å². The van der Waals surface area contributed by atoms with Crippen LogP contribution in [-0.4, -0.2) is 20.4 Å². The number of phenolic OH excluding ortho intramolecular Hbond substituents is 4. The Hall–Kier alpha value is -3.92. The maximum Gasteiger partial charge on any atom is 0.121 e. The number of phenols is 4. The van der Waals surface area contributed by atoms with Crippen molar-refractivity contribution < 1.29 is 20.4 Å². The molecule has 0 unspecified atom stereocenters. The Morgan fingerprint density at radius 2 is 0.705 bits per heavy atom. The van der Waals surface area contributed by atoms with E-state index in [1.807, 2.05) is 64.1 Å². The number of hydrogen-bond donors (Lipinski definition) is 4. The molecule has 4 heteroatoms. The fraction of sp³-hybridized carbons (Fsp3) is 0.400. The summed E-state index contributed by atoms with van der Waals surface area (Å²) >= 11 is 0. The Labute approximate surface area is 265 Å². The quantitative estimate of drug-likeness (QED) is 0.178. The molecule has 0 aliphatic carbocycles. The van der Waals surface area contributed by atoms with Gasteiger partial charge >= 0.3 is 0 Å². The molecule has 44 heavy (non-hydrogen) atoms. The molecule has 0 aromatic heterocycles. The molecule has 0 atom stereocenters. The van der Waals surface area contributed by atoms with Gasteiger partial charge in [-0.05, 0) is 107 Å². The molecule has 0 saturated heterocycles. The summed E-state index contributed by atoms with van der Waals surface area (Å²) in [6.07, 6.45) is 0. The van der Waals surface area contributed by atoms with Crippen molar-refractivity contribution in [3.05, 3.63) is 116 Å². The van der Waals surface area contributed by atoms with Gasteiger partial charge in [-0.3, -0.25) is 0 Å². The van der Waals surface area contributed by atoms with Gasteiger partial charge in [-0.1, -0.05) is 104 Å². The lowest BCUT2D eigenvalue weighted by molar-refractivity contribution is 0.462. The summed E-state index contributed by atoms with van der Waals surface area (Å²) in [6, 6.07) is 19.9. The molecule has 4 rings (SSSR count). The highest BCUT2D eigenvalue weighted by Gasteiger charge is 2.27. The monoisotopic (exact) mass is 596 g/mol. The minimum atomic E-state index is -0.200. The first kappa shape index (κ1) is 34.6. The van der Waals surface area contributed by atoms with E-state index in [0.29, 0.717) is 23.0 Å². The molecule has 0 aliphatic heterocycles. The fourth-order valence-corrected chi connectivity index (χ4v) is 5.78. The summed E-state index contributed by atoms with van der Waals surface area (Å²) in [5.41, 5.74) is 9.79. The van der Waals surface area contributed by atoms with Crippen molar-refractivity contribution in [1.29, 1.82) is 0 Å². The molecule has 0 heterocycles. The van der Waals surface area contributed by atoms with Crippen LogP contribution in [0.5, 0.6) is 23.0 Å². The molecule has 0 radical (unpaired) electrons. The van der Waals surface area contributed by atoms with Gasteiger partial charge in [0.05, 0.1) is 0 Å². The Kier molecular flexibility index (Phi) is 10.2. The largest absolute Gasteiger partial charge is 0.508 e. The lowest BCUT2D eigenvalue weighted by Crippen LogP contribution is -2.19. The van der Waals surface area contributed by atoms with Crippen LogP contribution in [0.2, 0.25) is 0 Å². The van der Waals surface area contributed by atoms with Crippen LogP contribution >= 0.6 is 0 Å². The van der Waals surface area contributed by atoms with Crippen LogP contribution in [0.4, 0.5) is 0 Å². The van der Waals surface area contributed by atoms with Gasteiger partial charge in [-0.25, -0.2) is 0 Å². The summed E-state index contributed by atoms with van der Waals surface area (Å²) in [5.74, 6) is 2.00. The van der Waals surface area contributed by atoms with Crippen LogP contribution in [0.3, 0.4) is 0 Å². The average molecular weight is 597 g/mol. The second-order valence-electron chi connectivity index (χ2n) is 14.0. The molecule has 0 aliphatic rings. The van der Waals surface area contributed by atoms with Gasteiger partial charge in [-0.2, -0.15) is 0 Å². The van der Waals surface area contributed by atoms with Crippen LogP contribution in [0.25, 0.3) is 0 Å². The summed E-state index contributed by atoms with van der Waals surface area (Å²) in [4.78, 5) is 0. The van der Waals surface area contributed by atoms with E-state index in [4.69, 9.17) is 0 Å². The second-order valence-corrected chi connectivity index (χ2v) is 14.0. The first-order valence-corrected chi connectivity index (χ1v) is 15.6. The zero-order chi connectivity index (χ0) is 33.3. The van der Waals surface area contributed by atoms with E-state index in [2.05, 4.69) is 67.5 Å². The number of aryl methyl sites for hydroxylation is 4. The molecule has 0 amide bonds. The van der Waals surface area contributed by atoms with Crippen molar-refractivity contribution in [2.24, 2.45) is 0 Å². The van der Waals surface area contributed by atoms with Gasteiger partial charge in [0.1, 0.15) is 23.0 Å². The molecule has 4 N–H and O–H groups in total. The first-order valence-electron chi connectivity index (χ1n) is 15.6. The van der Waals surface area contributed by atoms with Crippen molar-refractivity contribution in [2.45, 2.75) is 106 Å². The second kappa shape index (κ2) is 13.0. The molecule has 4 aromatic carbocycles. The normalized spacial score (nSPS) is 12.0. The van der Waals surface area contributed by atoms with Gasteiger partial charge in [0.25, 0.3) is 0 Å². The predicted molar refractivity (Wildman–Crippen MR) is 184 cm³/mol. The highest BCUT2D eigenvalue weighted by Crippen LogP contribution is 2.39. The number of hydrogen-bond acceptors (Lipinski definition) is 4. The van der Waals surface area contributed by atoms with E-state index >= 15 is 0 Å². The lowest BCUT2D eigenvalue weighted by atomic mass is 9.76. The Bertz CT molecular complexity index is 1470. The zero-order valence-electron chi connectivity index (χ0n) is 28.7. The standard InChI is InChI=1S/C21H28O2.C19H24O2/c1-13(2)17-11-15(7-9-19(17)22)21(5,6)16-8-10-20(23)18(12-16)14(3)4;1-11-7-15(8-12(2)17(11)20)19(5,6)16-9-13(3)18(21)14(4)10-16/h7-14,22-23H,1-6H3;7-10,20-21H,1-6H3. The third kappa shape index (κ3) is 7.07. The number of rotatable bonds is 6. The van der Waals surface area contributed by atoms with Crippen molar-refractivity contribution in [3.8, 4) is 23.0 Å². The van der Waals surface area contributed by atoms with Crippen molar-refractivity contribution in [1.82, 2.24) is 0 Å². The van der Waals surface area contributed by atoms with E-state index in [1.54, 1.807) is 12.1 Å². The van der Waals surface area contributed by atoms with E-state index < -0.39 is 0 Å². The molecule has 0 spiro atoms. The van der Waals surface area contributed by atoms with Crippen molar-refractivity contribution in [3.63, 3.8) is 0 Å². The highest BCUT2D eigenvalue weighted by molar-refractivity contribution is 5.52. The van der Waals surface area contributed by atoms with Gasteiger partial charge in [0, 0.05) is 10.8 Å². The Morgan fingerprint density at radius 3 is 0.977 bits per heavy atom.